The van der Waals surface area contributed by atoms with Gasteiger partial charge in [0.1, 0.15) is 0 Å². The molecule has 1 heteroatoms. The average Bonchev–Trinajstić information content (AvgIpc) is 2.26. The molecule has 1 aliphatic carbocycles. The first-order valence-corrected chi connectivity index (χ1v) is 5.64. The minimum atomic E-state index is -0.420. The molecule has 0 spiro atoms. The molecule has 1 aliphatic rings. The Morgan fingerprint density at radius 2 is 1.92 bits per heavy atom. The Morgan fingerprint density at radius 1 is 1.31 bits per heavy atom. The zero-order chi connectivity index (χ0) is 10.1. The fourth-order valence-electron chi connectivity index (χ4n) is 2.63. The van der Waals surface area contributed by atoms with Crippen molar-refractivity contribution in [2.75, 3.05) is 0 Å². The van der Waals surface area contributed by atoms with E-state index in [0.717, 1.165) is 12.3 Å². The number of aliphatic hydroxyl groups is 1. The van der Waals surface area contributed by atoms with Crippen LogP contribution < -0.4 is 0 Å². The molecule has 78 valence electrons. The molecular weight excluding hydrogens is 160 g/mol. The van der Waals surface area contributed by atoms with Gasteiger partial charge in [0.25, 0.3) is 0 Å². The SMILES string of the molecule is CCC(C)CC1(C)CCCC1(C)O. The van der Waals surface area contributed by atoms with Crippen LogP contribution >= 0.6 is 0 Å². The monoisotopic (exact) mass is 184 g/mol. The largest absolute Gasteiger partial charge is 0.390 e. The Kier molecular flexibility index (Phi) is 3.06. The molecule has 1 rings (SSSR count). The van der Waals surface area contributed by atoms with Crippen LogP contribution in [0.3, 0.4) is 0 Å². The topological polar surface area (TPSA) is 20.2 Å². The molecule has 0 aromatic heterocycles. The zero-order valence-corrected chi connectivity index (χ0v) is 9.56. The van der Waals surface area contributed by atoms with E-state index in [1.165, 1.54) is 25.7 Å². The normalized spacial score (nSPS) is 42.2. The Labute approximate surface area is 82.5 Å². The van der Waals surface area contributed by atoms with Crippen LogP contribution in [0, 0.1) is 11.3 Å². The van der Waals surface area contributed by atoms with Crippen LogP contribution in [0.25, 0.3) is 0 Å². The maximum Gasteiger partial charge on any atom is 0.0673 e. The average molecular weight is 184 g/mol. The first kappa shape index (κ1) is 11.0. The van der Waals surface area contributed by atoms with Crippen LogP contribution in [0.5, 0.6) is 0 Å². The van der Waals surface area contributed by atoms with Crippen molar-refractivity contribution in [3.05, 3.63) is 0 Å². The van der Waals surface area contributed by atoms with Gasteiger partial charge in [0.05, 0.1) is 5.60 Å². The van der Waals surface area contributed by atoms with Crippen molar-refractivity contribution < 1.29 is 5.11 Å². The first-order chi connectivity index (χ1) is 5.91. The van der Waals surface area contributed by atoms with Gasteiger partial charge in [-0.1, -0.05) is 27.2 Å². The van der Waals surface area contributed by atoms with Gasteiger partial charge in [-0.25, -0.2) is 0 Å². The third-order valence-electron chi connectivity index (χ3n) is 4.19. The van der Waals surface area contributed by atoms with Crippen LogP contribution in [-0.2, 0) is 0 Å². The molecule has 0 bridgehead atoms. The highest BCUT2D eigenvalue weighted by atomic mass is 16.3. The molecule has 0 amide bonds. The van der Waals surface area contributed by atoms with Gasteiger partial charge in [0, 0.05) is 0 Å². The molecule has 0 aromatic carbocycles. The van der Waals surface area contributed by atoms with Gasteiger partial charge in [-0.15, -0.1) is 0 Å². The van der Waals surface area contributed by atoms with E-state index in [1.54, 1.807) is 0 Å². The van der Waals surface area contributed by atoms with Crippen LogP contribution in [0.1, 0.15) is 59.8 Å². The van der Waals surface area contributed by atoms with E-state index in [9.17, 15) is 5.11 Å². The van der Waals surface area contributed by atoms with Gasteiger partial charge >= 0.3 is 0 Å². The smallest absolute Gasteiger partial charge is 0.0673 e. The molecule has 1 fully saturated rings. The van der Waals surface area contributed by atoms with Gasteiger partial charge in [-0.3, -0.25) is 0 Å². The lowest BCUT2D eigenvalue weighted by atomic mass is 9.71. The summed E-state index contributed by atoms with van der Waals surface area (Å²) in [5, 5.41) is 10.3. The number of hydrogen-bond acceptors (Lipinski definition) is 1. The summed E-state index contributed by atoms with van der Waals surface area (Å²) < 4.78 is 0. The molecule has 0 aliphatic heterocycles. The molecule has 3 atom stereocenters. The van der Waals surface area contributed by atoms with Gasteiger partial charge in [-0.2, -0.15) is 0 Å². The van der Waals surface area contributed by atoms with E-state index in [2.05, 4.69) is 20.8 Å². The van der Waals surface area contributed by atoms with E-state index in [-0.39, 0.29) is 5.41 Å². The van der Waals surface area contributed by atoms with Crippen molar-refractivity contribution in [1.82, 2.24) is 0 Å². The summed E-state index contributed by atoms with van der Waals surface area (Å²) in [6.45, 7) is 8.80. The van der Waals surface area contributed by atoms with Crippen LogP contribution in [-0.4, -0.2) is 10.7 Å². The standard InChI is InChI=1S/C12H24O/c1-5-10(2)9-11(3)7-6-8-12(11,4)13/h10,13H,5-9H2,1-4H3. The predicted molar refractivity (Wildman–Crippen MR) is 56.7 cm³/mol. The summed E-state index contributed by atoms with van der Waals surface area (Å²) in [6.07, 6.45) is 5.78. The van der Waals surface area contributed by atoms with E-state index in [1.807, 2.05) is 6.92 Å². The van der Waals surface area contributed by atoms with Gasteiger partial charge in [0.2, 0.25) is 0 Å². The Balaban J connectivity index is 2.64. The first-order valence-electron chi connectivity index (χ1n) is 5.64. The maximum atomic E-state index is 10.3. The van der Waals surface area contributed by atoms with Crippen molar-refractivity contribution >= 4 is 0 Å². The van der Waals surface area contributed by atoms with Gasteiger partial charge in [-0.05, 0) is 43.9 Å². The van der Waals surface area contributed by atoms with E-state index in [0.29, 0.717) is 0 Å². The van der Waals surface area contributed by atoms with E-state index in [4.69, 9.17) is 0 Å². The highest BCUT2D eigenvalue weighted by molar-refractivity contribution is 4.98. The third-order valence-corrected chi connectivity index (χ3v) is 4.19. The second kappa shape index (κ2) is 3.61. The third kappa shape index (κ3) is 2.07. The minimum absolute atomic E-state index is 0.169. The lowest BCUT2D eigenvalue weighted by molar-refractivity contribution is -0.0472. The van der Waals surface area contributed by atoms with Crippen molar-refractivity contribution in [2.24, 2.45) is 11.3 Å². The summed E-state index contributed by atoms with van der Waals surface area (Å²) in [6, 6.07) is 0. The summed E-state index contributed by atoms with van der Waals surface area (Å²) in [7, 11) is 0. The highest BCUT2D eigenvalue weighted by Gasteiger charge is 2.47. The Morgan fingerprint density at radius 3 is 2.31 bits per heavy atom. The molecular formula is C12H24O. The van der Waals surface area contributed by atoms with E-state index >= 15 is 0 Å². The lowest BCUT2D eigenvalue weighted by Crippen LogP contribution is -2.39. The second-order valence-corrected chi connectivity index (χ2v) is 5.41. The summed E-state index contributed by atoms with van der Waals surface area (Å²) in [5.41, 5.74) is -0.251. The Hall–Kier alpha value is -0.0400. The van der Waals surface area contributed by atoms with Crippen molar-refractivity contribution in [3.63, 3.8) is 0 Å². The molecule has 0 heterocycles. The molecule has 13 heavy (non-hydrogen) atoms. The molecule has 1 nitrogen and oxygen atoms in total. The van der Waals surface area contributed by atoms with Gasteiger partial charge in [0.15, 0.2) is 0 Å². The number of rotatable bonds is 3. The van der Waals surface area contributed by atoms with Crippen LogP contribution in [0.15, 0.2) is 0 Å². The summed E-state index contributed by atoms with van der Waals surface area (Å²) >= 11 is 0. The van der Waals surface area contributed by atoms with Gasteiger partial charge < -0.3 is 5.11 Å². The molecule has 0 saturated heterocycles. The molecule has 1 saturated carbocycles. The summed E-state index contributed by atoms with van der Waals surface area (Å²) in [4.78, 5) is 0. The van der Waals surface area contributed by atoms with E-state index < -0.39 is 5.60 Å². The minimum Gasteiger partial charge on any atom is -0.390 e. The fraction of sp³-hybridized carbons (Fsp3) is 1.00. The van der Waals surface area contributed by atoms with Crippen molar-refractivity contribution in [1.29, 1.82) is 0 Å². The van der Waals surface area contributed by atoms with Crippen LogP contribution in [0.2, 0.25) is 0 Å². The maximum absolute atomic E-state index is 10.3. The lowest BCUT2D eigenvalue weighted by Gasteiger charge is -2.38. The molecule has 0 radical (unpaired) electrons. The fourth-order valence-corrected chi connectivity index (χ4v) is 2.63. The Bertz CT molecular complexity index is 174. The van der Waals surface area contributed by atoms with Crippen molar-refractivity contribution in [3.8, 4) is 0 Å². The zero-order valence-electron chi connectivity index (χ0n) is 9.56. The molecule has 0 aromatic rings. The van der Waals surface area contributed by atoms with Crippen molar-refractivity contribution in [2.45, 2.75) is 65.4 Å². The molecule has 3 unspecified atom stereocenters. The number of hydrogen-bond donors (Lipinski definition) is 1. The summed E-state index contributed by atoms with van der Waals surface area (Å²) in [5.74, 6) is 0.745. The highest BCUT2D eigenvalue weighted by Crippen LogP contribution is 2.50. The van der Waals surface area contributed by atoms with Crippen LogP contribution in [0.4, 0.5) is 0 Å². The quantitative estimate of drug-likeness (QED) is 0.713. The second-order valence-electron chi connectivity index (χ2n) is 5.41. The predicted octanol–water partition coefficient (Wildman–Crippen LogP) is 3.36. The molecule has 1 N–H and O–H groups in total.